The number of likely N-dealkylation sites (tertiary alicyclic amines) is 1. The number of thiophene rings is 1. The van der Waals surface area contributed by atoms with Gasteiger partial charge in [-0.05, 0) is 42.8 Å². The second-order valence-corrected chi connectivity index (χ2v) is 8.39. The summed E-state index contributed by atoms with van der Waals surface area (Å²) in [5, 5.41) is 2.16. The predicted molar refractivity (Wildman–Crippen MR) is 104 cm³/mol. The van der Waals surface area contributed by atoms with Crippen molar-refractivity contribution in [2.45, 2.75) is 31.8 Å². The minimum Gasteiger partial charge on any atom is -0.370 e. The number of imidazole rings is 1. The molecule has 2 aliphatic rings. The van der Waals surface area contributed by atoms with Crippen LogP contribution in [0.2, 0.25) is 0 Å². The molecule has 0 bridgehead atoms. The van der Waals surface area contributed by atoms with Gasteiger partial charge in [-0.1, -0.05) is 0 Å². The Labute approximate surface area is 161 Å². The Morgan fingerprint density at radius 3 is 2.93 bits per heavy atom. The van der Waals surface area contributed by atoms with Gasteiger partial charge in [0.1, 0.15) is 11.3 Å². The SMILES string of the molecule is Cc1nc2c(C(=O)N3CCC4(CC3)OCCc3sccc34)ccnc2n1C. The number of fused-ring (bicyclic) bond motifs is 3. The molecule has 1 saturated heterocycles. The molecule has 2 aliphatic heterocycles. The first kappa shape index (κ1) is 16.9. The van der Waals surface area contributed by atoms with E-state index in [4.69, 9.17) is 4.74 Å². The molecule has 0 N–H and O–H groups in total. The number of ether oxygens (including phenoxy) is 1. The van der Waals surface area contributed by atoms with Crippen LogP contribution in [-0.2, 0) is 23.8 Å². The molecule has 0 unspecified atom stereocenters. The molecule has 7 heteroatoms. The van der Waals surface area contributed by atoms with Crippen molar-refractivity contribution in [3.05, 3.63) is 45.5 Å². The highest BCUT2D eigenvalue weighted by molar-refractivity contribution is 7.10. The zero-order valence-electron chi connectivity index (χ0n) is 15.6. The first-order chi connectivity index (χ1) is 13.1. The summed E-state index contributed by atoms with van der Waals surface area (Å²) in [6.07, 6.45) is 4.39. The Kier molecular flexibility index (Phi) is 3.84. The van der Waals surface area contributed by atoms with Crippen LogP contribution in [0.3, 0.4) is 0 Å². The molecule has 6 nitrogen and oxygen atoms in total. The summed E-state index contributed by atoms with van der Waals surface area (Å²) in [5.41, 5.74) is 3.22. The Balaban J connectivity index is 1.41. The maximum Gasteiger partial charge on any atom is 0.256 e. The molecule has 5 rings (SSSR count). The largest absolute Gasteiger partial charge is 0.370 e. The Morgan fingerprint density at radius 1 is 1.30 bits per heavy atom. The summed E-state index contributed by atoms with van der Waals surface area (Å²) >= 11 is 1.82. The molecule has 0 atom stereocenters. The van der Waals surface area contributed by atoms with Crippen molar-refractivity contribution in [1.29, 1.82) is 0 Å². The average molecular weight is 382 g/mol. The number of nitrogens with zero attached hydrogens (tertiary/aromatic N) is 4. The molecule has 1 spiro atoms. The van der Waals surface area contributed by atoms with Crippen molar-refractivity contribution in [2.75, 3.05) is 19.7 Å². The number of carbonyl (C=O) groups excluding carboxylic acids is 1. The Hall–Kier alpha value is -2.25. The number of carbonyl (C=O) groups is 1. The Morgan fingerprint density at radius 2 is 2.11 bits per heavy atom. The van der Waals surface area contributed by atoms with Crippen molar-refractivity contribution in [3.8, 4) is 0 Å². The monoisotopic (exact) mass is 382 g/mol. The summed E-state index contributed by atoms with van der Waals surface area (Å²) in [6.45, 7) is 4.10. The van der Waals surface area contributed by atoms with Gasteiger partial charge in [0.25, 0.3) is 5.91 Å². The number of amides is 1. The van der Waals surface area contributed by atoms with E-state index in [-0.39, 0.29) is 11.5 Å². The first-order valence-electron chi connectivity index (χ1n) is 9.37. The van der Waals surface area contributed by atoms with Gasteiger partial charge in [-0.2, -0.15) is 0 Å². The maximum absolute atomic E-state index is 13.2. The van der Waals surface area contributed by atoms with Gasteiger partial charge < -0.3 is 14.2 Å². The van der Waals surface area contributed by atoms with E-state index >= 15 is 0 Å². The molecule has 0 saturated carbocycles. The molecule has 27 heavy (non-hydrogen) atoms. The van der Waals surface area contributed by atoms with Crippen LogP contribution in [0.15, 0.2) is 23.7 Å². The second kappa shape index (κ2) is 6.14. The van der Waals surface area contributed by atoms with E-state index in [0.29, 0.717) is 24.2 Å². The Bertz CT molecular complexity index is 1030. The van der Waals surface area contributed by atoms with E-state index in [0.717, 1.165) is 37.3 Å². The lowest BCUT2D eigenvalue weighted by Gasteiger charge is -2.44. The lowest BCUT2D eigenvalue weighted by atomic mass is 9.82. The van der Waals surface area contributed by atoms with Crippen molar-refractivity contribution in [2.24, 2.45) is 7.05 Å². The summed E-state index contributed by atoms with van der Waals surface area (Å²) in [5.74, 6) is 0.896. The minimum atomic E-state index is -0.209. The van der Waals surface area contributed by atoms with Gasteiger partial charge in [0.15, 0.2) is 5.65 Å². The van der Waals surface area contributed by atoms with E-state index in [9.17, 15) is 4.79 Å². The van der Waals surface area contributed by atoms with Gasteiger partial charge in [0, 0.05) is 37.6 Å². The zero-order chi connectivity index (χ0) is 18.6. The fourth-order valence-electron chi connectivity index (χ4n) is 4.37. The first-order valence-corrected chi connectivity index (χ1v) is 10.3. The van der Waals surface area contributed by atoms with E-state index in [2.05, 4.69) is 21.4 Å². The van der Waals surface area contributed by atoms with Gasteiger partial charge in [-0.25, -0.2) is 9.97 Å². The fourth-order valence-corrected chi connectivity index (χ4v) is 5.32. The van der Waals surface area contributed by atoms with Crippen LogP contribution in [0.1, 0.15) is 39.5 Å². The smallest absolute Gasteiger partial charge is 0.256 e. The molecular formula is C20H22N4O2S. The van der Waals surface area contributed by atoms with Crippen molar-refractivity contribution in [3.63, 3.8) is 0 Å². The lowest BCUT2D eigenvalue weighted by Crippen LogP contribution is -2.48. The molecule has 0 aromatic carbocycles. The van der Waals surface area contributed by atoms with Gasteiger partial charge in [-0.15, -0.1) is 11.3 Å². The third kappa shape index (κ3) is 2.52. The number of aryl methyl sites for hydroxylation is 2. The number of piperidine rings is 1. The highest BCUT2D eigenvalue weighted by Gasteiger charge is 2.42. The van der Waals surface area contributed by atoms with Crippen LogP contribution < -0.4 is 0 Å². The van der Waals surface area contributed by atoms with E-state index in [1.165, 1.54) is 10.4 Å². The predicted octanol–water partition coefficient (Wildman–Crippen LogP) is 3.04. The zero-order valence-corrected chi connectivity index (χ0v) is 16.4. The fraction of sp³-hybridized carbons (Fsp3) is 0.450. The number of pyridine rings is 1. The van der Waals surface area contributed by atoms with E-state index in [1.807, 2.05) is 34.8 Å². The third-order valence-corrected chi connectivity index (χ3v) is 6.99. The molecule has 140 valence electrons. The van der Waals surface area contributed by atoms with E-state index < -0.39 is 0 Å². The molecule has 3 aromatic heterocycles. The van der Waals surface area contributed by atoms with Crippen molar-refractivity contribution >= 4 is 28.4 Å². The molecular weight excluding hydrogens is 360 g/mol. The van der Waals surface area contributed by atoms with Crippen molar-refractivity contribution < 1.29 is 9.53 Å². The van der Waals surface area contributed by atoms with Crippen LogP contribution in [0.25, 0.3) is 11.2 Å². The van der Waals surface area contributed by atoms with E-state index in [1.54, 1.807) is 12.3 Å². The molecule has 1 amide bonds. The number of rotatable bonds is 1. The maximum atomic E-state index is 13.2. The van der Waals surface area contributed by atoms with Crippen LogP contribution in [0.5, 0.6) is 0 Å². The highest BCUT2D eigenvalue weighted by atomic mass is 32.1. The topological polar surface area (TPSA) is 60.3 Å². The number of hydrogen-bond donors (Lipinski definition) is 0. The molecule has 5 heterocycles. The molecule has 1 fully saturated rings. The standard InChI is InChI=1S/C20H22N4O2S/c1-13-22-17-14(3-8-21-18(17)23(13)2)19(25)24-9-6-20(7-10-24)15-5-12-27-16(15)4-11-26-20/h3,5,8,12H,4,6-7,9-11H2,1-2H3. The van der Waals surface area contributed by atoms with Gasteiger partial charge in [-0.3, -0.25) is 4.79 Å². The average Bonchev–Trinajstić information content (AvgIpc) is 3.28. The summed E-state index contributed by atoms with van der Waals surface area (Å²) < 4.78 is 8.18. The number of aromatic nitrogens is 3. The summed E-state index contributed by atoms with van der Waals surface area (Å²) in [7, 11) is 1.93. The van der Waals surface area contributed by atoms with Crippen LogP contribution in [-0.4, -0.2) is 45.0 Å². The van der Waals surface area contributed by atoms with Gasteiger partial charge in [0.2, 0.25) is 0 Å². The van der Waals surface area contributed by atoms with Crippen LogP contribution in [0, 0.1) is 6.92 Å². The number of hydrogen-bond acceptors (Lipinski definition) is 5. The quantitative estimate of drug-likeness (QED) is 0.649. The van der Waals surface area contributed by atoms with Crippen molar-refractivity contribution in [1.82, 2.24) is 19.4 Å². The molecule has 0 radical (unpaired) electrons. The molecule has 3 aromatic rings. The highest BCUT2D eigenvalue weighted by Crippen LogP contribution is 2.43. The minimum absolute atomic E-state index is 0.0386. The van der Waals surface area contributed by atoms with Crippen LogP contribution >= 0.6 is 11.3 Å². The second-order valence-electron chi connectivity index (χ2n) is 7.39. The summed E-state index contributed by atoms with van der Waals surface area (Å²) in [4.78, 5) is 25.5. The normalized spacial score (nSPS) is 18.8. The summed E-state index contributed by atoms with van der Waals surface area (Å²) in [6, 6.07) is 4.00. The van der Waals surface area contributed by atoms with Gasteiger partial charge >= 0.3 is 0 Å². The molecule has 0 aliphatic carbocycles. The van der Waals surface area contributed by atoms with Crippen LogP contribution in [0.4, 0.5) is 0 Å². The lowest BCUT2D eigenvalue weighted by molar-refractivity contribution is -0.0926. The third-order valence-electron chi connectivity index (χ3n) is 6.01. The van der Waals surface area contributed by atoms with Gasteiger partial charge in [0.05, 0.1) is 17.8 Å².